The summed E-state index contributed by atoms with van der Waals surface area (Å²) >= 11 is 0. The van der Waals surface area contributed by atoms with E-state index < -0.39 is 0 Å². The van der Waals surface area contributed by atoms with Crippen molar-refractivity contribution < 1.29 is 14.6 Å². The highest BCUT2D eigenvalue weighted by Crippen LogP contribution is 2.36. The number of nitrogen functional groups attached to an aromatic ring is 1. The van der Waals surface area contributed by atoms with Crippen LogP contribution < -0.4 is 15.2 Å². The zero-order chi connectivity index (χ0) is 21.3. The third kappa shape index (κ3) is 3.55. The maximum atomic E-state index is 9.58. The largest absolute Gasteiger partial charge is 0.497 e. The Balaban J connectivity index is 1.70. The first-order valence-corrected chi connectivity index (χ1v) is 9.69. The van der Waals surface area contributed by atoms with Crippen LogP contribution in [0.2, 0.25) is 0 Å². The molecule has 0 radical (unpaired) electrons. The van der Waals surface area contributed by atoms with Crippen molar-refractivity contribution in [3.05, 3.63) is 60.6 Å². The lowest BCUT2D eigenvalue weighted by Gasteiger charge is -2.12. The van der Waals surface area contributed by atoms with Gasteiger partial charge in [0.2, 0.25) is 0 Å². The number of hydrogen-bond acceptors (Lipinski definition) is 6. The van der Waals surface area contributed by atoms with E-state index in [0.29, 0.717) is 28.6 Å². The lowest BCUT2D eigenvalue weighted by atomic mass is 10.1. The van der Waals surface area contributed by atoms with E-state index in [2.05, 4.69) is 34.6 Å². The summed E-state index contributed by atoms with van der Waals surface area (Å²) in [6.07, 6.45) is 3.55. The van der Waals surface area contributed by atoms with Crippen molar-refractivity contribution in [3.8, 4) is 28.4 Å². The number of hydrogen-bond donors (Lipinski definition) is 2. The van der Waals surface area contributed by atoms with Crippen molar-refractivity contribution in [2.75, 3.05) is 12.8 Å². The van der Waals surface area contributed by atoms with E-state index in [1.165, 1.54) is 6.33 Å². The van der Waals surface area contributed by atoms with E-state index in [9.17, 15) is 5.11 Å². The predicted octanol–water partition coefficient (Wildman–Crippen LogP) is 4.55. The van der Waals surface area contributed by atoms with Crippen LogP contribution in [-0.4, -0.2) is 26.8 Å². The molecule has 2 heterocycles. The number of ether oxygens (including phenoxy) is 2. The summed E-state index contributed by atoms with van der Waals surface area (Å²) in [5.74, 6) is 2.33. The minimum Gasteiger partial charge on any atom is -0.497 e. The normalized spacial score (nSPS) is 11.2. The number of methoxy groups -OCH3 is 1. The Morgan fingerprint density at radius 3 is 2.47 bits per heavy atom. The Morgan fingerprint density at radius 1 is 1.07 bits per heavy atom. The van der Waals surface area contributed by atoms with Gasteiger partial charge in [0.05, 0.1) is 19.1 Å². The van der Waals surface area contributed by atoms with Crippen molar-refractivity contribution in [3.63, 3.8) is 0 Å². The summed E-state index contributed by atoms with van der Waals surface area (Å²) in [7, 11) is 1.59. The van der Waals surface area contributed by atoms with E-state index in [0.717, 1.165) is 22.2 Å². The van der Waals surface area contributed by atoms with Crippen molar-refractivity contribution >= 4 is 16.9 Å². The molecular formula is C23H24N4O3. The van der Waals surface area contributed by atoms with Gasteiger partial charge in [0.15, 0.2) is 0 Å². The average molecular weight is 404 g/mol. The molecule has 4 aromatic rings. The maximum absolute atomic E-state index is 9.58. The molecule has 3 N–H and O–H groups in total. The van der Waals surface area contributed by atoms with E-state index in [4.69, 9.17) is 15.2 Å². The molecule has 0 aliphatic rings. The maximum Gasteiger partial charge on any atom is 0.146 e. The van der Waals surface area contributed by atoms with Crippen molar-refractivity contribution in [1.82, 2.24) is 14.5 Å². The van der Waals surface area contributed by atoms with E-state index in [1.54, 1.807) is 25.3 Å². The molecule has 0 unspecified atom stereocenters. The Kier molecular flexibility index (Phi) is 5.29. The number of fused-ring (bicyclic) bond motifs is 1. The van der Waals surface area contributed by atoms with Gasteiger partial charge in [0.1, 0.15) is 35.0 Å². The van der Waals surface area contributed by atoms with Gasteiger partial charge in [-0.15, -0.1) is 0 Å². The van der Waals surface area contributed by atoms with Crippen LogP contribution in [0, 0.1) is 0 Å². The van der Waals surface area contributed by atoms with Crippen molar-refractivity contribution in [1.29, 1.82) is 0 Å². The minimum atomic E-state index is -0.120. The third-order valence-corrected chi connectivity index (χ3v) is 5.03. The van der Waals surface area contributed by atoms with E-state index in [-0.39, 0.29) is 12.6 Å². The topological polar surface area (TPSA) is 95.4 Å². The molecule has 0 bridgehead atoms. The number of anilines is 1. The van der Waals surface area contributed by atoms with Crippen LogP contribution in [0.1, 0.15) is 25.5 Å². The summed E-state index contributed by atoms with van der Waals surface area (Å²) in [6.45, 7) is 4.09. The second kappa shape index (κ2) is 8.04. The van der Waals surface area contributed by atoms with Gasteiger partial charge < -0.3 is 24.9 Å². The molecule has 154 valence electrons. The third-order valence-electron chi connectivity index (χ3n) is 5.03. The number of benzene rings is 2. The molecule has 0 amide bonds. The summed E-state index contributed by atoms with van der Waals surface area (Å²) in [6, 6.07) is 13.3. The zero-order valence-corrected chi connectivity index (χ0v) is 17.2. The second-order valence-corrected chi connectivity index (χ2v) is 7.26. The van der Waals surface area contributed by atoms with E-state index in [1.807, 2.05) is 24.3 Å². The summed E-state index contributed by atoms with van der Waals surface area (Å²) in [5, 5.41) is 10.4. The SMILES string of the molecule is COc1ccc(CO)c(Oc2ccc(-c3cn(C(C)C)c4ncnc(N)c34)cc2)c1. The Labute approximate surface area is 174 Å². The van der Waals surface area contributed by atoms with Gasteiger partial charge in [-0.2, -0.15) is 0 Å². The first kappa shape index (κ1) is 19.7. The molecule has 0 saturated heterocycles. The molecule has 0 aliphatic heterocycles. The molecule has 0 spiro atoms. The van der Waals surface area contributed by atoms with Crippen molar-refractivity contribution in [2.24, 2.45) is 0 Å². The zero-order valence-electron chi connectivity index (χ0n) is 17.2. The highest BCUT2D eigenvalue weighted by Gasteiger charge is 2.16. The van der Waals surface area contributed by atoms with Crippen LogP contribution in [0.4, 0.5) is 5.82 Å². The predicted molar refractivity (Wildman–Crippen MR) is 117 cm³/mol. The van der Waals surface area contributed by atoms with E-state index >= 15 is 0 Å². The Hall–Kier alpha value is -3.58. The first-order valence-electron chi connectivity index (χ1n) is 9.69. The van der Waals surface area contributed by atoms with Crippen LogP contribution in [0.15, 0.2) is 55.0 Å². The average Bonchev–Trinajstić information content (AvgIpc) is 3.15. The number of aliphatic hydroxyl groups is 1. The Bertz CT molecular complexity index is 1180. The molecule has 7 nitrogen and oxygen atoms in total. The molecule has 0 atom stereocenters. The number of rotatable bonds is 6. The number of aromatic nitrogens is 3. The van der Waals surface area contributed by atoms with Crippen molar-refractivity contribution in [2.45, 2.75) is 26.5 Å². The molecule has 4 rings (SSSR count). The molecule has 2 aromatic heterocycles. The first-order chi connectivity index (χ1) is 14.5. The summed E-state index contributed by atoms with van der Waals surface area (Å²) in [4.78, 5) is 8.60. The van der Waals surface area contributed by atoms with Crippen LogP contribution >= 0.6 is 0 Å². The summed E-state index contributed by atoms with van der Waals surface area (Å²) < 4.78 is 13.3. The van der Waals surface area contributed by atoms with Gasteiger partial charge in [-0.3, -0.25) is 0 Å². The number of nitrogens with two attached hydrogens (primary N) is 1. The number of nitrogens with zero attached hydrogens (tertiary/aromatic N) is 3. The smallest absolute Gasteiger partial charge is 0.146 e. The standard InChI is InChI=1S/C23H24N4O3/c1-14(2)27-11-19(21-22(24)25-13-26-23(21)27)15-4-7-17(8-5-15)30-20-10-18(29-3)9-6-16(20)12-28/h4-11,13-14,28H,12H2,1-3H3,(H2,24,25,26). The van der Waals surface area contributed by atoms with Gasteiger partial charge in [-0.25, -0.2) is 9.97 Å². The molecule has 0 fully saturated rings. The highest BCUT2D eigenvalue weighted by molar-refractivity contribution is 6.00. The monoisotopic (exact) mass is 404 g/mol. The fourth-order valence-corrected chi connectivity index (χ4v) is 3.44. The lowest BCUT2D eigenvalue weighted by Crippen LogP contribution is -2.00. The van der Waals surface area contributed by atoms with Gasteiger partial charge >= 0.3 is 0 Å². The molecule has 0 aliphatic carbocycles. The highest BCUT2D eigenvalue weighted by atomic mass is 16.5. The fourth-order valence-electron chi connectivity index (χ4n) is 3.44. The van der Waals surface area contributed by atoms with Gasteiger partial charge in [0, 0.05) is 29.4 Å². The Morgan fingerprint density at radius 2 is 1.80 bits per heavy atom. The van der Waals surface area contributed by atoms with Gasteiger partial charge in [-0.05, 0) is 43.7 Å². The molecule has 0 saturated carbocycles. The molecule has 30 heavy (non-hydrogen) atoms. The number of aliphatic hydroxyl groups excluding tert-OH is 1. The van der Waals surface area contributed by atoms with Gasteiger partial charge in [0.25, 0.3) is 0 Å². The second-order valence-electron chi connectivity index (χ2n) is 7.26. The van der Waals surface area contributed by atoms with Gasteiger partial charge in [-0.1, -0.05) is 12.1 Å². The van der Waals surface area contributed by atoms with Crippen LogP contribution in [-0.2, 0) is 6.61 Å². The minimum absolute atomic E-state index is 0.120. The summed E-state index contributed by atoms with van der Waals surface area (Å²) in [5.41, 5.74) is 9.64. The lowest BCUT2D eigenvalue weighted by molar-refractivity contribution is 0.276. The molecular weight excluding hydrogens is 380 g/mol. The molecule has 2 aromatic carbocycles. The molecule has 7 heteroatoms. The quantitative estimate of drug-likeness (QED) is 0.489. The van der Waals surface area contributed by atoms with Crippen LogP contribution in [0.5, 0.6) is 17.2 Å². The fraction of sp³-hybridized carbons (Fsp3) is 0.217. The van der Waals surface area contributed by atoms with Crippen LogP contribution in [0.25, 0.3) is 22.2 Å². The van der Waals surface area contributed by atoms with Crippen LogP contribution in [0.3, 0.4) is 0 Å².